The Morgan fingerprint density at radius 2 is 1.93 bits per heavy atom. The van der Waals surface area contributed by atoms with E-state index in [-0.39, 0.29) is 5.41 Å². The standard InChI is InChI=1S/C11H21NO2/c12-8-10(5-6-14-9-10)7-11(13)3-1-2-4-11/h13H,1-9,12H2. The van der Waals surface area contributed by atoms with Gasteiger partial charge >= 0.3 is 0 Å². The van der Waals surface area contributed by atoms with E-state index >= 15 is 0 Å². The lowest BCUT2D eigenvalue weighted by Gasteiger charge is -2.34. The molecule has 0 radical (unpaired) electrons. The van der Waals surface area contributed by atoms with Gasteiger partial charge in [-0.3, -0.25) is 0 Å². The van der Waals surface area contributed by atoms with Crippen molar-refractivity contribution in [2.45, 2.75) is 44.1 Å². The van der Waals surface area contributed by atoms with Gasteiger partial charge in [-0.1, -0.05) is 12.8 Å². The van der Waals surface area contributed by atoms with Gasteiger partial charge in [0.1, 0.15) is 0 Å². The molecule has 2 aliphatic rings. The average molecular weight is 199 g/mol. The van der Waals surface area contributed by atoms with Crippen molar-refractivity contribution in [1.82, 2.24) is 0 Å². The summed E-state index contributed by atoms with van der Waals surface area (Å²) in [5.41, 5.74) is 5.45. The van der Waals surface area contributed by atoms with Gasteiger partial charge in [0.15, 0.2) is 0 Å². The van der Waals surface area contributed by atoms with Crippen LogP contribution in [0.1, 0.15) is 38.5 Å². The zero-order valence-corrected chi connectivity index (χ0v) is 8.80. The van der Waals surface area contributed by atoms with Gasteiger partial charge in [0, 0.05) is 18.6 Å². The number of hydrogen-bond acceptors (Lipinski definition) is 3. The molecule has 14 heavy (non-hydrogen) atoms. The molecular weight excluding hydrogens is 178 g/mol. The highest BCUT2D eigenvalue weighted by atomic mass is 16.5. The van der Waals surface area contributed by atoms with Gasteiger partial charge in [0.25, 0.3) is 0 Å². The lowest BCUT2D eigenvalue weighted by Crippen LogP contribution is -2.40. The number of nitrogens with two attached hydrogens (primary N) is 1. The number of aliphatic hydroxyl groups is 1. The predicted molar refractivity (Wildman–Crippen MR) is 55.0 cm³/mol. The highest BCUT2D eigenvalue weighted by Crippen LogP contribution is 2.42. The molecule has 1 saturated heterocycles. The van der Waals surface area contributed by atoms with Gasteiger partial charge in [-0.2, -0.15) is 0 Å². The molecule has 2 rings (SSSR count). The molecular formula is C11H21NO2. The molecule has 3 N–H and O–H groups in total. The minimum absolute atomic E-state index is 0.0685. The molecule has 1 aliphatic carbocycles. The van der Waals surface area contributed by atoms with Crippen molar-refractivity contribution in [2.75, 3.05) is 19.8 Å². The summed E-state index contributed by atoms with van der Waals surface area (Å²) in [5, 5.41) is 10.3. The summed E-state index contributed by atoms with van der Waals surface area (Å²) in [5.74, 6) is 0. The molecule has 1 unspecified atom stereocenters. The average Bonchev–Trinajstić information content (AvgIpc) is 2.76. The largest absolute Gasteiger partial charge is 0.390 e. The van der Waals surface area contributed by atoms with E-state index < -0.39 is 5.60 Å². The Morgan fingerprint density at radius 1 is 1.21 bits per heavy atom. The highest BCUT2D eigenvalue weighted by molar-refractivity contribution is 4.95. The fraction of sp³-hybridized carbons (Fsp3) is 1.00. The molecule has 0 spiro atoms. The Morgan fingerprint density at radius 3 is 2.43 bits per heavy atom. The summed E-state index contributed by atoms with van der Waals surface area (Å²) in [7, 11) is 0. The molecule has 1 atom stereocenters. The number of ether oxygens (including phenoxy) is 1. The zero-order valence-electron chi connectivity index (χ0n) is 8.80. The molecule has 0 aromatic heterocycles. The molecule has 3 nitrogen and oxygen atoms in total. The second-order valence-electron chi connectivity index (χ2n) is 5.11. The van der Waals surface area contributed by atoms with Crippen LogP contribution in [0.25, 0.3) is 0 Å². The van der Waals surface area contributed by atoms with Gasteiger partial charge in [0.2, 0.25) is 0 Å². The Labute approximate surface area is 85.6 Å². The van der Waals surface area contributed by atoms with E-state index in [1.54, 1.807) is 0 Å². The van der Waals surface area contributed by atoms with E-state index in [1.165, 1.54) is 0 Å². The van der Waals surface area contributed by atoms with Gasteiger partial charge in [0.05, 0.1) is 12.2 Å². The fourth-order valence-electron chi connectivity index (χ4n) is 2.93. The highest BCUT2D eigenvalue weighted by Gasteiger charge is 2.43. The third-order valence-electron chi connectivity index (χ3n) is 3.86. The summed E-state index contributed by atoms with van der Waals surface area (Å²) in [4.78, 5) is 0. The summed E-state index contributed by atoms with van der Waals surface area (Å²) < 4.78 is 5.42. The van der Waals surface area contributed by atoms with Gasteiger partial charge in [-0.25, -0.2) is 0 Å². The van der Waals surface area contributed by atoms with E-state index in [4.69, 9.17) is 10.5 Å². The van der Waals surface area contributed by atoms with Crippen molar-refractivity contribution in [3.05, 3.63) is 0 Å². The van der Waals surface area contributed by atoms with Crippen LogP contribution < -0.4 is 5.73 Å². The summed E-state index contributed by atoms with van der Waals surface area (Å²) in [6, 6.07) is 0. The molecule has 1 heterocycles. The van der Waals surface area contributed by atoms with Crippen molar-refractivity contribution in [3.63, 3.8) is 0 Å². The maximum atomic E-state index is 10.3. The normalized spacial score (nSPS) is 36.4. The van der Waals surface area contributed by atoms with Crippen LogP contribution in [0.15, 0.2) is 0 Å². The molecule has 0 amide bonds. The predicted octanol–water partition coefficient (Wildman–Crippen LogP) is 1.05. The molecule has 1 saturated carbocycles. The Balaban J connectivity index is 1.99. The first-order valence-electron chi connectivity index (χ1n) is 5.68. The van der Waals surface area contributed by atoms with Crippen molar-refractivity contribution in [3.8, 4) is 0 Å². The third-order valence-corrected chi connectivity index (χ3v) is 3.86. The van der Waals surface area contributed by atoms with Gasteiger partial charge < -0.3 is 15.6 Å². The summed E-state index contributed by atoms with van der Waals surface area (Å²) in [6.07, 6.45) is 6.10. The van der Waals surface area contributed by atoms with Crippen molar-refractivity contribution >= 4 is 0 Å². The van der Waals surface area contributed by atoms with Crippen molar-refractivity contribution in [2.24, 2.45) is 11.1 Å². The second-order valence-corrected chi connectivity index (χ2v) is 5.11. The van der Waals surface area contributed by atoms with Crippen LogP contribution in [-0.4, -0.2) is 30.5 Å². The first kappa shape index (κ1) is 10.4. The second kappa shape index (κ2) is 3.80. The first-order valence-corrected chi connectivity index (χ1v) is 5.68. The monoisotopic (exact) mass is 199 g/mol. The van der Waals surface area contributed by atoms with Crippen LogP contribution >= 0.6 is 0 Å². The maximum Gasteiger partial charge on any atom is 0.0654 e. The van der Waals surface area contributed by atoms with Crippen LogP contribution in [0.3, 0.4) is 0 Å². The van der Waals surface area contributed by atoms with Crippen LogP contribution in [0, 0.1) is 5.41 Å². The van der Waals surface area contributed by atoms with Crippen LogP contribution in [0.2, 0.25) is 0 Å². The van der Waals surface area contributed by atoms with E-state index in [0.29, 0.717) is 6.54 Å². The number of rotatable bonds is 3. The topological polar surface area (TPSA) is 55.5 Å². The first-order chi connectivity index (χ1) is 6.68. The quantitative estimate of drug-likeness (QED) is 0.714. The van der Waals surface area contributed by atoms with E-state index in [2.05, 4.69) is 0 Å². The van der Waals surface area contributed by atoms with E-state index in [0.717, 1.165) is 51.7 Å². The van der Waals surface area contributed by atoms with E-state index in [1.807, 2.05) is 0 Å². The maximum absolute atomic E-state index is 10.3. The molecule has 0 aromatic rings. The molecule has 2 fully saturated rings. The lowest BCUT2D eigenvalue weighted by atomic mass is 9.76. The molecule has 3 heteroatoms. The molecule has 1 aliphatic heterocycles. The molecule has 0 bridgehead atoms. The molecule has 0 aromatic carbocycles. The Bertz CT molecular complexity index is 193. The minimum atomic E-state index is -0.437. The van der Waals surface area contributed by atoms with Crippen LogP contribution in [0.4, 0.5) is 0 Å². The molecule has 82 valence electrons. The van der Waals surface area contributed by atoms with Gasteiger partial charge in [-0.05, 0) is 25.7 Å². The fourth-order valence-corrected chi connectivity index (χ4v) is 2.93. The lowest BCUT2D eigenvalue weighted by molar-refractivity contribution is -0.00651. The van der Waals surface area contributed by atoms with Crippen LogP contribution in [-0.2, 0) is 4.74 Å². The smallest absolute Gasteiger partial charge is 0.0654 e. The SMILES string of the molecule is NCC1(CC2(O)CCCC2)CCOC1. The minimum Gasteiger partial charge on any atom is -0.390 e. The van der Waals surface area contributed by atoms with Gasteiger partial charge in [-0.15, -0.1) is 0 Å². The summed E-state index contributed by atoms with van der Waals surface area (Å²) >= 11 is 0. The van der Waals surface area contributed by atoms with E-state index in [9.17, 15) is 5.11 Å². The van der Waals surface area contributed by atoms with Crippen molar-refractivity contribution in [1.29, 1.82) is 0 Å². The number of hydrogen-bond donors (Lipinski definition) is 2. The van der Waals surface area contributed by atoms with Crippen LogP contribution in [0.5, 0.6) is 0 Å². The third kappa shape index (κ3) is 1.95. The zero-order chi connectivity index (χ0) is 10.1. The summed E-state index contributed by atoms with van der Waals surface area (Å²) in [6.45, 7) is 2.20. The Hall–Kier alpha value is -0.120. The Kier molecular flexibility index (Phi) is 2.82. The van der Waals surface area contributed by atoms with Crippen molar-refractivity contribution < 1.29 is 9.84 Å².